The molecule has 4 nitrogen and oxygen atoms in total. The first-order chi connectivity index (χ1) is 8.66. The van der Waals surface area contributed by atoms with E-state index in [9.17, 15) is 4.79 Å². The first-order valence-electron chi connectivity index (χ1n) is 5.61. The fraction of sp³-hybridized carbons (Fsp3) is 0.143. The van der Waals surface area contributed by atoms with Crippen molar-refractivity contribution >= 4 is 11.7 Å². The molecule has 0 radical (unpaired) electrons. The van der Waals surface area contributed by atoms with Crippen LogP contribution in [-0.4, -0.2) is 23.1 Å². The molecule has 18 heavy (non-hydrogen) atoms. The summed E-state index contributed by atoms with van der Waals surface area (Å²) in [5, 5.41) is 8.95. The Morgan fingerprint density at radius 3 is 2.78 bits per heavy atom. The van der Waals surface area contributed by atoms with Crippen LogP contribution < -0.4 is 4.90 Å². The normalized spacial score (nSPS) is 10.1. The Kier molecular flexibility index (Phi) is 3.57. The summed E-state index contributed by atoms with van der Waals surface area (Å²) in [4.78, 5) is 17.1. The summed E-state index contributed by atoms with van der Waals surface area (Å²) in [6.07, 6.45) is 1.75. The van der Waals surface area contributed by atoms with Crippen LogP contribution in [0.25, 0.3) is 0 Å². The minimum Gasteiger partial charge on any atom is -0.478 e. The highest BCUT2D eigenvalue weighted by atomic mass is 16.4. The molecule has 0 fully saturated rings. The second-order valence-corrected chi connectivity index (χ2v) is 4.03. The predicted octanol–water partition coefficient (Wildman–Crippen LogP) is 2.42. The topological polar surface area (TPSA) is 53.4 Å². The van der Waals surface area contributed by atoms with Crippen LogP contribution in [0.15, 0.2) is 48.7 Å². The number of anilines is 1. The Labute approximate surface area is 106 Å². The lowest BCUT2D eigenvalue weighted by Crippen LogP contribution is -2.17. The van der Waals surface area contributed by atoms with E-state index in [2.05, 4.69) is 4.98 Å². The number of carboxylic acid groups (broad SMARTS) is 1. The summed E-state index contributed by atoms with van der Waals surface area (Å²) >= 11 is 0. The van der Waals surface area contributed by atoms with Gasteiger partial charge in [0, 0.05) is 18.9 Å². The van der Waals surface area contributed by atoms with Gasteiger partial charge in [-0.1, -0.05) is 12.1 Å². The lowest BCUT2D eigenvalue weighted by atomic mass is 10.2. The number of carbonyl (C=O) groups is 1. The molecule has 92 valence electrons. The van der Waals surface area contributed by atoms with Crippen LogP contribution in [0.5, 0.6) is 0 Å². The van der Waals surface area contributed by atoms with Gasteiger partial charge in [0.15, 0.2) is 0 Å². The van der Waals surface area contributed by atoms with Crippen LogP contribution in [0.4, 0.5) is 5.69 Å². The summed E-state index contributed by atoms with van der Waals surface area (Å²) in [6, 6.07) is 12.6. The summed E-state index contributed by atoms with van der Waals surface area (Å²) in [5.41, 5.74) is 2.10. The second-order valence-electron chi connectivity index (χ2n) is 4.03. The van der Waals surface area contributed by atoms with Gasteiger partial charge in [0.1, 0.15) is 0 Å². The van der Waals surface area contributed by atoms with E-state index < -0.39 is 5.97 Å². The van der Waals surface area contributed by atoms with Crippen LogP contribution in [0.1, 0.15) is 16.1 Å². The SMILES string of the molecule is CN(Cc1ccccn1)c1cccc(C(=O)O)c1. The maximum Gasteiger partial charge on any atom is 0.335 e. The minimum atomic E-state index is -0.914. The van der Waals surface area contributed by atoms with E-state index in [0.29, 0.717) is 12.1 Å². The van der Waals surface area contributed by atoms with E-state index in [1.807, 2.05) is 36.2 Å². The smallest absolute Gasteiger partial charge is 0.335 e. The van der Waals surface area contributed by atoms with Gasteiger partial charge in [0.05, 0.1) is 17.8 Å². The van der Waals surface area contributed by atoms with Crippen molar-refractivity contribution in [1.82, 2.24) is 4.98 Å². The van der Waals surface area contributed by atoms with E-state index >= 15 is 0 Å². The van der Waals surface area contributed by atoms with Crippen molar-refractivity contribution in [1.29, 1.82) is 0 Å². The summed E-state index contributed by atoms with van der Waals surface area (Å²) in [6.45, 7) is 0.643. The number of hydrogen-bond acceptors (Lipinski definition) is 3. The number of nitrogens with zero attached hydrogens (tertiary/aromatic N) is 2. The van der Waals surface area contributed by atoms with E-state index in [1.54, 1.807) is 24.4 Å². The van der Waals surface area contributed by atoms with Crippen molar-refractivity contribution < 1.29 is 9.90 Å². The van der Waals surface area contributed by atoms with E-state index in [4.69, 9.17) is 5.11 Å². The number of rotatable bonds is 4. The number of aromatic nitrogens is 1. The third kappa shape index (κ3) is 2.85. The molecule has 0 aliphatic heterocycles. The van der Waals surface area contributed by atoms with Crippen molar-refractivity contribution in [3.8, 4) is 0 Å². The molecule has 0 saturated heterocycles. The number of hydrogen-bond donors (Lipinski definition) is 1. The van der Waals surface area contributed by atoms with Gasteiger partial charge >= 0.3 is 5.97 Å². The highest BCUT2D eigenvalue weighted by Crippen LogP contribution is 2.16. The molecule has 1 aromatic heterocycles. The van der Waals surface area contributed by atoms with E-state index in [-0.39, 0.29) is 0 Å². The van der Waals surface area contributed by atoms with Crippen molar-refractivity contribution in [3.05, 3.63) is 59.9 Å². The molecule has 1 aromatic carbocycles. The van der Waals surface area contributed by atoms with Gasteiger partial charge in [0.2, 0.25) is 0 Å². The average Bonchev–Trinajstić information content (AvgIpc) is 2.40. The van der Waals surface area contributed by atoms with Crippen molar-refractivity contribution in [2.45, 2.75) is 6.54 Å². The third-order valence-corrected chi connectivity index (χ3v) is 2.66. The van der Waals surface area contributed by atoms with Gasteiger partial charge in [-0.15, -0.1) is 0 Å². The standard InChI is InChI=1S/C14H14N2O2/c1-16(10-12-6-2-3-8-15-12)13-7-4-5-11(9-13)14(17)18/h2-9H,10H2,1H3,(H,17,18). The molecule has 0 spiro atoms. The first-order valence-corrected chi connectivity index (χ1v) is 5.61. The lowest BCUT2D eigenvalue weighted by molar-refractivity contribution is 0.0697. The summed E-state index contributed by atoms with van der Waals surface area (Å²) < 4.78 is 0. The fourth-order valence-corrected chi connectivity index (χ4v) is 1.70. The molecule has 1 N–H and O–H groups in total. The maximum atomic E-state index is 10.9. The molecule has 2 rings (SSSR count). The number of benzene rings is 1. The molecular weight excluding hydrogens is 228 g/mol. The van der Waals surface area contributed by atoms with Crippen molar-refractivity contribution in [2.75, 3.05) is 11.9 Å². The maximum absolute atomic E-state index is 10.9. The Balaban J connectivity index is 2.16. The Hall–Kier alpha value is -2.36. The monoisotopic (exact) mass is 242 g/mol. The Bertz CT molecular complexity index is 541. The molecule has 0 unspecified atom stereocenters. The van der Waals surface area contributed by atoms with Gasteiger partial charge < -0.3 is 10.0 Å². The molecule has 1 heterocycles. The van der Waals surface area contributed by atoms with Crippen LogP contribution in [-0.2, 0) is 6.54 Å². The minimum absolute atomic E-state index is 0.292. The van der Waals surface area contributed by atoms with Crippen LogP contribution in [0.2, 0.25) is 0 Å². The highest BCUT2D eigenvalue weighted by molar-refractivity contribution is 5.88. The number of pyridine rings is 1. The van der Waals surface area contributed by atoms with Crippen molar-refractivity contribution in [2.24, 2.45) is 0 Å². The Morgan fingerprint density at radius 1 is 1.28 bits per heavy atom. The van der Waals surface area contributed by atoms with Crippen LogP contribution >= 0.6 is 0 Å². The lowest BCUT2D eigenvalue weighted by Gasteiger charge is -2.19. The zero-order valence-electron chi connectivity index (χ0n) is 10.1. The first kappa shape index (κ1) is 12.1. The summed E-state index contributed by atoms with van der Waals surface area (Å²) in [5.74, 6) is -0.914. The highest BCUT2D eigenvalue weighted by Gasteiger charge is 2.07. The quantitative estimate of drug-likeness (QED) is 0.894. The van der Waals surface area contributed by atoms with E-state index in [1.165, 1.54) is 0 Å². The number of carboxylic acids is 1. The molecule has 0 atom stereocenters. The molecule has 0 aliphatic carbocycles. The molecule has 0 bridgehead atoms. The Morgan fingerprint density at radius 2 is 2.11 bits per heavy atom. The zero-order valence-corrected chi connectivity index (χ0v) is 10.1. The van der Waals surface area contributed by atoms with Gasteiger partial charge in [-0.2, -0.15) is 0 Å². The molecular formula is C14H14N2O2. The summed E-state index contributed by atoms with van der Waals surface area (Å²) in [7, 11) is 1.91. The molecule has 0 amide bonds. The van der Waals surface area contributed by atoms with Gasteiger partial charge in [0.25, 0.3) is 0 Å². The molecule has 2 aromatic rings. The molecule has 4 heteroatoms. The fourth-order valence-electron chi connectivity index (χ4n) is 1.70. The second kappa shape index (κ2) is 5.31. The third-order valence-electron chi connectivity index (χ3n) is 2.66. The van der Waals surface area contributed by atoms with Crippen molar-refractivity contribution in [3.63, 3.8) is 0 Å². The number of aromatic carboxylic acids is 1. The largest absolute Gasteiger partial charge is 0.478 e. The average molecular weight is 242 g/mol. The van der Waals surface area contributed by atoms with Gasteiger partial charge in [-0.05, 0) is 30.3 Å². The zero-order chi connectivity index (χ0) is 13.0. The van der Waals surface area contributed by atoms with Gasteiger partial charge in [-0.25, -0.2) is 4.79 Å². The molecule has 0 aliphatic rings. The van der Waals surface area contributed by atoms with Crippen LogP contribution in [0.3, 0.4) is 0 Å². The van der Waals surface area contributed by atoms with E-state index in [0.717, 1.165) is 11.4 Å². The molecule has 0 saturated carbocycles. The van der Waals surface area contributed by atoms with Crippen LogP contribution in [0, 0.1) is 0 Å². The van der Waals surface area contributed by atoms with Gasteiger partial charge in [-0.3, -0.25) is 4.98 Å². The predicted molar refractivity (Wildman–Crippen MR) is 69.7 cm³/mol.